The first-order valence-corrected chi connectivity index (χ1v) is 15.5. The molecular weight excluding hydrogens is 570 g/mol. The molecule has 0 aliphatic carbocycles. The highest BCUT2D eigenvalue weighted by molar-refractivity contribution is 7.97. The standard InChI is InChI=1S/C32H34F2N6O2S/c1-7-25(41)38-13-14-39(20(5)16-38)30-22-15-24(34)28(26-21(17-43-6)9-8-10-23(26)33)36-31(22)40(32(42)37-30)29-19(4)11-12-35-27(29)18(2)3/h7-12,15,18,20H,1,13-14,16-17H2,2-6H3/t20-/m0/s1. The van der Waals surface area contributed by atoms with Gasteiger partial charge in [0.05, 0.1) is 16.8 Å². The zero-order chi connectivity index (χ0) is 31.0. The molecule has 0 saturated carbocycles. The molecule has 0 unspecified atom stereocenters. The number of halogens is 2. The average Bonchev–Trinajstić information content (AvgIpc) is 2.97. The van der Waals surface area contributed by atoms with Gasteiger partial charge in [0.2, 0.25) is 5.91 Å². The molecule has 8 nitrogen and oxygen atoms in total. The van der Waals surface area contributed by atoms with Gasteiger partial charge in [-0.2, -0.15) is 16.7 Å². The van der Waals surface area contributed by atoms with E-state index in [4.69, 9.17) is 4.98 Å². The maximum Gasteiger partial charge on any atom is 0.355 e. The molecule has 4 aromatic rings. The minimum Gasteiger partial charge on any atom is -0.350 e. The van der Waals surface area contributed by atoms with Crippen LogP contribution in [0.3, 0.4) is 0 Å². The number of nitrogens with zero attached hydrogens (tertiary/aromatic N) is 6. The van der Waals surface area contributed by atoms with Crippen molar-refractivity contribution in [1.82, 2.24) is 24.4 Å². The molecule has 224 valence electrons. The Balaban J connectivity index is 1.84. The van der Waals surface area contributed by atoms with Crippen LogP contribution in [0.25, 0.3) is 28.0 Å². The molecule has 1 atom stereocenters. The van der Waals surface area contributed by atoms with Crippen LogP contribution in [0, 0.1) is 18.6 Å². The van der Waals surface area contributed by atoms with Gasteiger partial charge in [0.25, 0.3) is 0 Å². The highest BCUT2D eigenvalue weighted by atomic mass is 32.2. The Labute approximate surface area is 253 Å². The second kappa shape index (κ2) is 12.2. The van der Waals surface area contributed by atoms with Crippen LogP contribution in [0.15, 0.2) is 54.0 Å². The minimum absolute atomic E-state index is 0.0494. The summed E-state index contributed by atoms with van der Waals surface area (Å²) in [6.45, 7) is 12.4. The van der Waals surface area contributed by atoms with Gasteiger partial charge in [0.1, 0.15) is 23.1 Å². The lowest BCUT2D eigenvalue weighted by atomic mass is 10.0. The largest absolute Gasteiger partial charge is 0.355 e. The first kappa shape index (κ1) is 30.3. The number of amides is 1. The molecule has 0 spiro atoms. The van der Waals surface area contributed by atoms with Crippen molar-refractivity contribution in [2.45, 2.75) is 45.4 Å². The second-order valence-corrected chi connectivity index (χ2v) is 11.9. The smallest absolute Gasteiger partial charge is 0.350 e. The predicted octanol–water partition coefficient (Wildman–Crippen LogP) is 5.64. The van der Waals surface area contributed by atoms with Gasteiger partial charge >= 0.3 is 5.69 Å². The quantitative estimate of drug-likeness (QED) is 0.253. The zero-order valence-electron chi connectivity index (χ0n) is 24.9. The molecule has 5 rings (SSSR count). The monoisotopic (exact) mass is 604 g/mol. The molecule has 4 heterocycles. The van der Waals surface area contributed by atoms with Crippen molar-refractivity contribution in [1.29, 1.82) is 0 Å². The highest BCUT2D eigenvalue weighted by Gasteiger charge is 2.31. The molecule has 1 aliphatic heterocycles. The molecule has 3 aromatic heterocycles. The summed E-state index contributed by atoms with van der Waals surface area (Å²) in [6, 6.07) is 7.47. The molecule has 43 heavy (non-hydrogen) atoms. The number of benzene rings is 1. The summed E-state index contributed by atoms with van der Waals surface area (Å²) in [5.41, 5.74) is 1.96. The van der Waals surface area contributed by atoms with E-state index in [0.717, 1.165) is 5.56 Å². The van der Waals surface area contributed by atoms with Crippen molar-refractivity contribution >= 4 is 34.5 Å². The average molecular weight is 605 g/mol. The van der Waals surface area contributed by atoms with Crippen molar-refractivity contribution in [3.63, 3.8) is 0 Å². The van der Waals surface area contributed by atoms with Gasteiger partial charge in [-0.05, 0) is 61.4 Å². The summed E-state index contributed by atoms with van der Waals surface area (Å²) in [6.07, 6.45) is 4.84. The number of piperazine rings is 1. The van der Waals surface area contributed by atoms with Crippen molar-refractivity contribution in [3.05, 3.63) is 88.1 Å². The molecule has 0 bridgehead atoms. The molecular formula is C32H34F2N6O2S. The lowest BCUT2D eigenvalue weighted by Crippen LogP contribution is -2.54. The summed E-state index contributed by atoms with van der Waals surface area (Å²) in [7, 11) is 0. The van der Waals surface area contributed by atoms with Crippen LogP contribution in [0.2, 0.25) is 0 Å². The van der Waals surface area contributed by atoms with E-state index in [1.54, 1.807) is 29.3 Å². The number of carbonyl (C=O) groups excluding carboxylic acids is 1. The predicted molar refractivity (Wildman–Crippen MR) is 168 cm³/mol. The molecule has 0 N–H and O–H groups in total. The van der Waals surface area contributed by atoms with Crippen molar-refractivity contribution in [2.24, 2.45) is 0 Å². The van der Waals surface area contributed by atoms with E-state index >= 15 is 8.78 Å². The number of aromatic nitrogens is 4. The van der Waals surface area contributed by atoms with Crippen LogP contribution in [0.5, 0.6) is 0 Å². The van der Waals surface area contributed by atoms with Crippen LogP contribution in [0.4, 0.5) is 14.6 Å². The number of hydrogen-bond donors (Lipinski definition) is 0. The first-order chi connectivity index (χ1) is 20.6. The Bertz CT molecular complexity index is 1790. The molecule has 1 fully saturated rings. The third kappa shape index (κ3) is 5.53. The number of thioether (sulfide) groups is 1. The maximum absolute atomic E-state index is 16.1. The van der Waals surface area contributed by atoms with Gasteiger partial charge in [-0.15, -0.1) is 0 Å². The Kier molecular flexibility index (Phi) is 8.64. The Morgan fingerprint density at radius 1 is 1.19 bits per heavy atom. The second-order valence-electron chi connectivity index (χ2n) is 11.0. The van der Waals surface area contributed by atoms with E-state index < -0.39 is 17.3 Å². The maximum atomic E-state index is 16.1. The fourth-order valence-electron chi connectivity index (χ4n) is 5.70. The van der Waals surface area contributed by atoms with Gasteiger partial charge in [-0.1, -0.05) is 32.6 Å². The Hall–Kier alpha value is -4.12. The van der Waals surface area contributed by atoms with Crippen LogP contribution < -0.4 is 10.6 Å². The highest BCUT2D eigenvalue weighted by Crippen LogP contribution is 2.35. The van der Waals surface area contributed by atoms with Gasteiger partial charge in [-0.3, -0.25) is 9.78 Å². The van der Waals surface area contributed by atoms with Crippen LogP contribution in [-0.4, -0.2) is 62.3 Å². The van der Waals surface area contributed by atoms with E-state index in [1.807, 2.05) is 38.9 Å². The van der Waals surface area contributed by atoms with Crippen molar-refractivity contribution in [2.75, 3.05) is 30.8 Å². The topological polar surface area (TPSA) is 84.2 Å². The molecule has 1 aromatic carbocycles. The minimum atomic E-state index is -0.728. The summed E-state index contributed by atoms with van der Waals surface area (Å²) >= 11 is 1.49. The number of hydrogen-bond acceptors (Lipinski definition) is 7. The van der Waals surface area contributed by atoms with Crippen molar-refractivity contribution in [3.8, 4) is 16.9 Å². The molecule has 1 saturated heterocycles. The lowest BCUT2D eigenvalue weighted by Gasteiger charge is -2.40. The van der Waals surface area contributed by atoms with E-state index in [1.165, 1.54) is 34.5 Å². The lowest BCUT2D eigenvalue weighted by molar-refractivity contribution is -0.126. The van der Waals surface area contributed by atoms with E-state index in [2.05, 4.69) is 16.5 Å². The fourth-order valence-corrected chi connectivity index (χ4v) is 6.25. The summed E-state index contributed by atoms with van der Waals surface area (Å²) in [4.78, 5) is 43.7. The zero-order valence-corrected chi connectivity index (χ0v) is 25.7. The SMILES string of the molecule is C=CC(=O)N1CCN(c2nc(=O)n(-c3c(C)ccnc3C(C)C)c3nc(-c4c(F)cccc4CSC)c(F)cc23)[C@@H](C)C1. The van der Waals surface area contributed by atoms with Gasteiger partial charge in [-0.25, -0.2) is 23.1 Å². The van der Waals surface area contributed by atoms with E-state index in [0.29, 0.717) is 47.7 Å². The number of fused-ring (bicyclic) bond motifs is 1. The van der Waals surface area contributed by atoms with Gasteiger partial charge < -0.3 is 9.80 Å². The number of anilines is 1. The molecule has 11 heteroatoms. The number of aryl methyl sites for hydroxylation is 1. The summed E-state index contributed by atoms with van der Waals surface area (Å²) in [5.74, 6) is -0.850. The Morgan fingerprint density at radius 2 is 1.95 bits per heavy atom. The van der Waals surface area contributed by atoms with Crippen LogP contribution in [-0.2, 0) is 10.5 Å². The number of carbonyl (C=O) groups is 1. The van der Waals surface area contributed by atoms with Crippen LogP contribution >= 0.6 is 11.8 Å². The van der Waals surface area contributed by atoms with Crippen LogP contribution in [0.1, 0.15) is 43.5 Å². The number of pyridine rings is 2. The third-order valence-corrected chi connectivity index (χ3v) is 8.35. The summed E-state index contributed by atoms with van der Waals surface area (Å²) < 4.78 is 32.9. The van der Waals surface area contributed by atoms with Gasteiger partial charge in [0.15, 0.2) is 5.65 Å². The molecule has 1 amide bonds. The van der Waals surface area contributed by atoms with E-state index in [-0.39, 0.29) is 40.6 Å². The summed E-state index contributed by atoms with van der Waals surface area (Å²) in [5, 5.41) is 0.303. The van der Waals surface area contributed by atoms with Crippen molar-refractivity contribution < 1.29 is 13.6 Å². The van der Waals surface area contributed by atoms with Gasteiger partial charge in [0, 0.05) is 43.2 Å². The third-order valence-electron chi connectivity index (χ3n) is 7.75. The first-order valence-electron chi connectivity index (χ1n) is 14.1. The molecule has 1 aliphatic rings. The van der Waals surface area contributed by atoms with E-state index in [9.17, 15) is 9.59 Å². The molecule has 0 radical (unpaired) electrons. The number of rotatable bonds is 7. The normalized spacial score (nSPS) is 15.4. The Morgan fingerprint density at radius 3 is 2.63 bits per heavy atom. The fraction of sp³-hybridized carbons (Fsp3) is 0.344.